The highest BCUT2D eigenvalue weighted by molar-refractivity contribution is 6.31. The third kappa shape index (κ3) is 2.66. The first-order valence-electron chi connectivity index (χ1n) is 7.63. The SMILES string of the molecule is Cc1c(Cl)ccc(O)c1[C@@H]1CCN2C(=O)[C@@H](CO)NC(=O)[C@@H]2C1. The van der Waals surface area contributed by atoms with Crippen molar-refractivity contribution in [2.24, 2.45) is 0 Å². The molecule has 2 amide bonds. The van der Waals surface area contributed by atoms with Crippen LogP contribution in [-0.2, 0) is 9.59 Å². The van der Waals surface area contributed by atoms with Crippen molar-refractivity contribution in [3.05, 3.63) is 28.3 Å². The normalized spacial score (nSPS) is 27.6. The van der Waals surface area contributed by atoms with Gasteiger partial charge in [0.05, 0.1) is 6.61 Å². The van der Waals surface area contributed by atoms with Crippen molar-refractivity contribution in [2.75, 3.05) is 13.2 Å². The van der Waals surface area contributed by atoms with E-state index in [0.29, 0.717) is 24.4 Å². The molecule has 6 nitrogen and oxygen atoms in total. The van der Waals surface area contributed by atoms with Crippen LogP contribution in [0.3, 0.4) is 0 Å². The molecule has 2 aliphatic heterocycles. The molecule has 2 aliphatic rings. The first kappa shape index (κ1) is 16.1. The van der Waals surface area contributed by atoms with Crippen LogP contribution < -0.4 is 5.32 Å². The average Bonchev–Trinajstić information content (AvgIpc) is 2.54. The van der Waals surface area contributed by atoms with Crippen LogP contribution >= 0.6 is 11.6 Å². The molecule has 0 spiro atoms. The van der Waals surface area contributed by atoms with Gasteiger partial charge in [0.1, 0.15) is 17.8 Å². The molecule has 7 heteroatoms. The van der Waals surface area contributed by atoms with Gasteiger partial charge in [-0.25, -0.2) is 0 Å². The molecule has 2 saturated heterocycles. The highest BCUT2D eigenvalue weighted by Gasteiger charge is 2.44. The van der Waals surface area contributed by atoms with Crippen molar-refractivity contribution in [1.29, 1.82) is 0 Å². The number of piperazine rings is 1. The number of rotatable bonds is 2. The van der Waals surface area contributed by atoms with Gasteiger partial charge >= 0.3 is 0 Å². The number of aliphatic hydroxyl groups excluding tert-OH is 1. The van der Waals surface area contributed by atoms with E-state index in [1.165, 1.54) is 4.90 Å². The average molecular weight is 339 g/mol. The smallest absolute Gasteiger partial charge is 0.248 e. The fraction of sp³-hybridized carbons (Fsp3) is 0.500. The topological polar surface area (TPSA) is 89.9 Å². The third-order valence-corrected chi connectivity index (χ3v) is 5.23. The van der Waals surface area contributed by atoms with Crippen molar-refractivity contribution in [2.45, 2.75) is 37.8 Å². The standard InChI is InChI=1S/C16H19ClN2O4/c1-8-10(17)2-3-13(21)14(8)9-4-5-19-12(6-9)15(22)18-11(7-20)16(19)23/h2-3,9,11-12,20-21H,4-7H2,1H3,(H,18,22)/t9-,11-,12+/m1/s1. The Kier molecular flexibility index (Phi) is 4.21. The molecule has 3 N–H and O–H groups in total. The number of aliphatic hydroxyl groups is 1. The summed E-state index contributed by atoms with van der Waals surface area (Å²) in [6.07, 6.45) is 1.08. The molecular weight excluding hydrogens is 320 g/mol. The molecule has 23 heavy (non-hydrogen) atoms. The van der Waals surface area contributed by atoms with Crippen LogP contribution in [0.4, 0.5) is 0 Å². The third-order valence-electron chi connectivity index (χ3n) is 4.82. The highest BCUT2D eigenvalue weighted by Crippen LogP contribution is 2.40. The summed E-state index contributed by atoms with van der Waals surface area (Å²) in [4.78, 5) is 26.0. The molecule has 3 atom stereocenters. The number of nitrogens with one attached hydrogen (secondary N) is 1. The summed E-state index contributed by atoms with van der Waals surface area (Å²) < 4.78 is 0. The molecule has 1 aromatic carbocycles. The summed E-state index contributed by atoms with van der Waals surface area (Å²) in [6.45, 7) is 1.87. The van der Waals surface area contributed by atoms with Gasteiger partial charge in [0.2, 0.25) is 11.8 Å². The lowest BCUT2D eigenvalue weighted by Crippen LogP contribution is -2.66. The molecule has 0 aromatic heterocycles. The van der Waals surface area contributed by atoms with Gasteiger partial charge in [-0.1, -0.05) is 11.6 Å². The van der Waals surface area contributed by atoms with Crippen LogP contribution in [0.15, 0.2) is 12.1 Å². The predicted molar refractivity (Wildman–Crippen MR) is 84.3 cm³/mol. The van der Waals surface area contributed by atoms with E-state index in [4.69, 9.17) is 11.6 Å². The van der Waals surface area contributed by atoms with Gasteiger partial charge in [-0.3, -0.25) is 9.59 Å². The Morgan fingerprint density at radius 1 is 1.39 bits per heavy atom. The molecular formula is C16H19ClN2O4. The molecule has 0 aliphatic carbocycles. The van der Waals surface area contributed by atoms with Gasteiger partial charge in [0.25, 0.3) is 0 Å². The molecule has 0 bridgehead atoms. The number of halogens is 1. The Morgan fingerprint density at radius 2 is 2.13 bits per heavy atom. The van der Waals surface area contributed by atoms with E-state index in [1.807, 2.05) is 6.92 Å². The lowest BCUT2D eigenvalue weighted by atomic mass is 9.81. The van der Waals surface area contributed by atoms with E-state index < -0.39 is 18.7 Å². The lowest BCUT2D eigenvalue weighted by Gasteiger charge is -2.44. The number of hydrogen-bond acceptors (Lipinski definition) is 4. The Morgan fingerprint density at radius 3 is 2.83 bits per heavy atom. The molecule has 0 unspecified atom stereocenters. The molecule has 0 saturated carbocycles. The number of phenolic OH excluding ortho intramolecular Hbond substituents is 1. The van der Waals surface area contributed by atoms with Crippen LogP contribution in [0.2, 0.25) is 5.02 Å². The monoisotopic (exact) mass is 338 g/mol. The van der Waals surface area contributed by atoms with Crippen molar-refractivity contribution < 1.29 is 19.8 Å². The van der Waals surface area contributed by atoms with E-state index in [2.05, 4.69) is 5.32 Å². The van der Waals surface area contributed by atoms with Gasteiger partial charge in [-0.2, -0.15) is 0 Å². The zero-order chi connectivity index (χ0) is 16.7. The van der Waals surface area contributed by atoms with E-state index in [0.717, 1.165) is 11.1 Å². The van der Waals surface area contributed by atoms with Crippen molar-refractivity contribution in [1.82, 2.24) is 10.2 Å². The largest absolute Gasteiger partial charge is 0.508 e. The second kappa shape index (κ2) is 6.02. The van der Waals surface area contributed by atoms with E-state index >= 15 is 0 Å². The number of phenols is 1. The minimum Gasteiger partial charge on any atom is -0.508 e. The van der Waals surface area contributed by atoms with Crippen molar-refractivity contribution in [3.8, 4) is 5.75 Å². The number of carbonyl (C=O) groups is 2. The fourth-order valence-corrected chi connectivity index (χ4v) is 3.76. The van der Waals surface area contributed by atoms with E-state index in [1.54, 1.807) is 12.1 Å². The van der Waals surface area contributed by atoms with Gasteiger partial charge in [-0.05, 0) is 43.4 Å². The molecule has 0 radical (unpaired) electrons. The Hall–Kier alpha value is -1.79. The summed E-state index contributed by atoms with van der Waals surface area (Å²) in [6, 6.07) is 1.79. The Bertz CT molecular complexity index is 664. The maximum atomic E-state index is 12.3. The minimum atomic E-state index is -0.850. The van der Waals surface area contributed by atoms with Crippen molar-refractivity contribution in [3.63, 3.8) is 0 Å². The number of amides is 2. The predicted octanol–water partition coefficient (Wildman–Crippen LogP) is 0.919. The fourth-order valence-electron chi connectivity index (χ4n) is 3.60. The molecule has 2 heterocycles. The van der Waals surface area contributed by atoms with Gasteiger partial charge in [0.15, 0.2) is 0 Å². The van der Waals surface area contributed by atoms with Crippen LogP contribution in [0.25, 0.3) is 0 Å². The second-order valence-electron chi connectivity index (χ2n) is 6.12. The minimum absolute atomic E-state index is 0.0424. The first-order valence-corrected chi connectivity index (χ1v) is 8.01. The summed E-state index contributed by atoms with van der Waals surface area (Å²) in [5, 5.41) is 22.5. The van der Waals surface area contributed by atoms with Gasteiger partial charge in [-0.15, -0.1) is 0 Å². The number of benzene rings is 1. The maximum absolute atomic E-state index is 12.3. The van der Waals surface area contributed by atoms with Gasteiger partial charge in [0, 0.05) is 17.1 Å². The number of carbonyl (C=O) groups excluding carboxylic acids is 2. The zero-order valence-electron chi connectivity index (χ0n) is 12.8. The number of piperidine rings is 1. The highest BCUT2D eigenvalue weighted by atomic mass is 35.5. The summed E-state index contributed by atoms with van der Waals surface area (Å²) in [7, 11) is 0. The molecule has 3 rings (SSSR count). The Labute approximate surface area is 139 Å². The van der Waals surface area contributed by atoms with Crippen LogP contribution in [0.5, 0.6) is 5.75 Å². The first-order chi connectivity index (χ1) is 10.9. The number of aromatic hydroxyl groups is 1. The second-order valence-corrected chi connectivity index (χ2v) is 6.52. The molecule has 124 valence electrons. The van der Waals surface area contributed by atoms with E-state index in [9.17, 15) is 19.8 Å². The van der Waals surface area contributed by atoms with Crippen LogP contribution in [0.1, 0.15) is 29.9 Å². The van der Waals surface area contributed by atoms with Crippen LogP contribution in [0, 0.1) is 6.92 Å². The Balaban J connectivity index is 1.88. The summed E-state index contributed by atoms with van der Waals surface area (Å²) in [5.41, 5.74) is 1.56. The quantitative estimate of drug-likeness (QED) is 0.748. The summed E-state index contributed by atoms with van der Waals surface area (Å²) >= 11 is 6.15. The number of hydrogen-bond donors (Lipinski definition) is 3. The molecule has 2 fully saturated rings. The van der Waals surface area contributed by atoms with E-state index in [-0.39, 0.29) is 23.5 Å². The number of nitrogens with zero attached hydrogens (tertiary/aromatic N) is 1. The molecule has 1 aromatic rings. The van der Waals surface area contributed by atoms with Crippen LogP contribution in [-0.4, -0.2) is 52.2 Å². The number of fused-ring (bicyclic) bond motifs is 1. The zero-order valence-corrected chi connectivity index (χ0v) is 13.5. The van der Waals surface area contributed by atoms with Gasteiger partial charge < -0.3 is 20.4 Å². The summed E-state index contributed by atoms with van der Waals surface area (Å²) in [5.74, 6) is -0.379. The van der Waals surface area contributed by atoms with Crippen molar-refractivity contribution >= 4 is 23.4 Å². The lowest BCUT2D eigenvalue weighted by molar-refractivity contribution is -0.152. The maximum Gasteiger partial charge on any atom is 0.248 e.